The molecule has 39 heavy (non-hydrogen) atoms. The van der Waals surface area contributed by atoms with E-state index < -0.39 is 12.3 Å². The molecule has 6 rings (SSSR count). The van der Waals surface area contributed by atoms with Crippen LogP contribution < -0.4 is 9.64 Å². The zero-order valence-electron chi connectivity index (χ0n) is 21.3. The second-order valence-corrected chi connectivity index (χ2v) is 10.6. The molecule has 8 nitrogen and oxygen atoms in total. The lowest BCUT2D eigenvalue weighted by atomic mass is 9.98. The summed E-state index contributed by atoms with van der Waals surface area (Å²) in [6.07, 6.45) is 1.92. The molecule has 3 atom stereocenters. The molecule has 1 unspecified atom stereocenters. The molecule has 3 aromatic rings. The first kappa shape index (κ1) is 25.7. The maximum absolute atomic E-state index is 13.1. The van der Waals surface area contributed by atoms with Gasteiger partial charge in [-0.1, -0.05) is 17.3 Å². The number of pyridine rings is 1. The molecule has 4 heterocycles. The van der Waals surface area contributed by atoms with Gasteiger partial charge in [0.05, 0.1) is 18.3 Å². The van der Waals surface area contributed by atoms with Gasteiger partial charge in [0.1, 0.15) is 23.0 Å². The number of ether oxygens (including phenoxy) is 2. The number of benzene rings is 1. The fourth-order valence-electron chi connectivity index (χ4n) is 5.98. The quantitative estimate of drug-likeness (QED) is 0.357. The van der Waals surface area contributed by atoms with Gasteiger partial charge in [0.25, 0.3) is 0 Å². The number of nitrogens with zero attached hydrogens (tertiary/aromatic N) is 3. The van der Waals surface area contributed by atoms with Crippen LogP contribution in [0.1, 0.15) is 71.7 Å². The number of rotatable bonds is 8. The van der Waals surface area contributed by atoms with Gasteiger partial charge >= 0.3 is 12.3 Å². The molecule has 0 amide bonds. The second-order valence-electron chi connectivity index (χ2n) is 10.6. The third-order valence-corrected chi connectivity index (χ3v) is 7.83. The van der Waals surface area contributed by atoms with Gasteiger partial charge in [-0.05, 0) is 69.2 Å². The van der Waals surface area contributed by atoms with E-state index in [9.17, 15) is 23.1 Å². The number of aromatic nitrogens is 2. The fourth-order valence-corrected chi connectivity index (χ4v) is 5.98. The molecule has 1 aliphatic carbocycles. The number of para-hydroxylation sites is 1. The molecule has 2 aromatic heterocycles. The molecular formula is C28H28F3N3O5. The molecule has 2 bridgehead atoms. The van der Waals surface area contributed by atoms with Gasteiger partial charge in [-0.3, -0.25) is 0 Å². The maximum atomic E-state index is 13.1. The predicted octanol–water partition coefficient (Wildman–Crippen LogP) is 6.24. The van der Waals surface area contributed by atoms with Crippen LogP contribution in [0.25, 0.3) is 11.3 Å². The van der Waals surface area contributed by atoms with Crippen LogP contribution in [0.5, 0.6) is 5.75 Å². The normalized spacial score (nSPS) is 22.8. The van der Waals surface area contributed by atoms with Crippen molar-refractivity contribution in [1.29, 1.82) is 0 Å². The van der Waals surface area contributed by atoms with Crippen LogP contribution >= 0.6 is 0 Å². The summed E-state index contributed by atoms with van der Waals surface area (Å²) in [5.41, 5.74) is 2.20. The van der Waals surface area contributed by atoms with Crippen LogP contribution in [0.15, 0.2) is 41.1 Å². The van der Waals surface area contributed by atoms with Crippen molar-refractivity contribution < 1.29 is 37.1 Å². The van der Waals surface area contributed by atoms with Crippen LogP contribution in [0.3, 0.4) is 0 Å². The van der Waals surface area contributed by atoms with Gasteiger partial charge in [0, 0.05) is 35.3 Å². The first-order valence-electron chi connectivity index (χ1n) is 13.1. The average molecular weight is 544 g/mol. The highest BCUT2D eigenvalue weighted by molar-refractivity contribution is 5.87. The van der Waals surface area contributed by atoms with E-state index in [1.807, 2.05) is 6.92 Å². The molecule has 0 spiro atoms. The van der Waals surface area contributed by atoms with E-state index in [0.29, 0.717) is 17.0 Å². The van der Waals surface area contributed by atoms with Crippen molar-refractivity contribution in [2.75, 3.05) is 4.90 Å². The van der Waals surface area contributed by atoms with E-state index in [4.69, 9.17) is 9.26 Å². The summed E-state index contributed by atoms with van der Waals surface area (Å²) in [4.78, 5) is 18.1. The first-order valence-corrected chi connectivity index (χ1v) is 13.1. The number of alkyl halides is 3. The number of halogens is 3. The number of fused-ring (bicyclic) bond motifs is 2. The van der Waals surface area contributed by atoms with Crippen molar-refractivity contribution in [2.24, 2.45) is 0 Å². The summed E-state index contributed by atoms with van der Waals surface area (Å²) >= 11 is 0. The van der Waals surface area contributed by atoms with Gasteiger partial charge in [0.2, 0.25) is 0 Å². The zero-order valence-corrected chi connectivity index (χ0v) is 21.3. The van der Waals surface area contributed by atoms with E-state index in [2.05, 4.69) is 19.8 Å². The molecule has 3 fully saturated rings. The Bertz CT molecular complexity index is 1370. The molecule has 1 aromatic carbocycles. The minimum Gasteiger partial charge on any atom is -0.478 e. The minimum absolute atomic E-state index is 0.0474. The molecule has 0 radical (unpaired) electrons. The molecule has 1 saturated carbocycles. The molecule has 2 saturated heterocycles. The summed E-state index contributed by atoms with van der Waals surface area (Å²) in [5.74, 6) is 0.347. The Balaban J connectivity index is 1.20. The summed E-state index contributed by atoms with van der Waals surface area (Å²) in [6.45, 7) is 2.06. The number of piperidine rings is 1. The van der Waals surface area contributed by atoms with E-state index in [1.165, 1.54) is 18.3 Å². The Morgan fingerprint density at radius 2 is 1.87 bits per heavy atom. The van der Waals surface area contributed by atoms with Crippen molar-refractivity contribution in [1.82, 2.24) is 10.1 Å². The third kappa shape index (κ3) is 5.19. The molecule has 2 aliphatic heterocycles. The summed E-state index contributed by atoms with van der Waals surface area (Å²) in [5, 5.41) is 13.4. The Hall–Kier alpha value is -3.60. The van der Waals surface area contributed by atoms with Crippen molar-refractivity contribution >= 4 is 11.8 Å². The summed E-state index contributed by atoms with van der Waals surface area (Å²) in [7, 11) is 0. The molecule has 3 aliphatic rings. The molecule has 11 heteroatoms. The van der Waals surface area contributed by atoms with Crippen LogP contribution in [-0.4, -0.2) is 45.8 Å². The van der Waals surface area contributed by atoms with Gasteiger partial charge in [-0.2, -0.15) is 0 Å². The average Bonchev–Trinajstić information content (AvgIpc) is 3.59. The van der Waals surface area contributed by atoms with Crippen molar-refractivity contribution in [3.05, 3.63) is 59.0 Å². The number of aromatic carboxylic acids is 1. The highest BCUT2D eigenvalue weighted by atomic mass is 19.4. The van der Waals surface area contributed by atoms with Crippen LogP contribution in [0.2, 0.25) is 0 Å². The number of hydrogen-bond donors (Lipinski definition) is 1. The van der Waals surface area contributed by atoms with Gasteiger partial charge < -0.3 is 24.0 Å². The monoisotopic (exact) mass is 543 g/mol. The molecular weight excluding hydrogens is 515 g/mol. The van der Waals surface area contributed by atoms with Crippen molar-refractivity contribution in [3.8, 4) is 17.0 Å². The largest absolute Gasteiger partial charge is 0.573 e. The number of carboxylic acids is 1. The molecule has 206 valence electrons. The standard InChI is InChI=1S/C28H28F3N3O5/c1-15-10-17(27(35)36)13-32-26(15)34-18-8-9-19(34)12-20(11-18)37-14-22-24(33-39-25(22)16-6-7-16)21-4-2-3-5-23(21)38-28(29,30)31/h2-5,10,13,16,18-20H,6-9,11-12,14H2,1H3,(H,35,36)/t18-,19+,20?. The number of carbonyl (C=O) groups is 1. The Morgan fingerprint density at radius 1 is 1.15 bits per heavy atom. The predicted molar refractivity (Wildman–Crippen MR) is 134 cm³/mol. The zero-order chi connectivity index (χ0) is 27.3. The Kier molecular flexibility index (Phi) is 6.49. The topological polar surface area (TPSA) is 97.9 Å². The van der Waals surface area contributed by atoms with Gasteiger partial charge in [-0.15, -0.1) is 13.2 Å². The Morgan fingerprint density at radius 3 is 2.51 bits per heavy atom. The lowest BCUT2D eigenvalue weighted by Gasteiger charge is -2.40. The fraction of sp³-hybridized carbons (Fsp3) is 0.464. The van der Waals surface area contributed by atoms with Gasteiger partial charge in [-0.25, -0.2) is 9.78 Å². The highest BCUT2D eigenvalue weighted by Gasteiger charge is 2.43. The van der Waals surface area contributed by atoms with E-state index in [1.54, 1.807) is 18.2 Å². The van der Waals surface area contributed by atoms with Crippen molar-refractivity contribution in [3.63, 3.8) is 0 Å². The van der Waals surface area contributed by atoms with Crippen LogP contribution in [-0.2, 0) is 11.3 Å². The smallest absolute Gasteiger partial charge is 0.478 e. The maximum Gasteiger partial charge on any atom is 0.573 e. The number of hydrogen-bond acceptors (Lipinski definition) is 7. The van der Waals surface area contributed by atoms with E-state index in [-0.39, 0.29) is 47.6 Å². The van der Waals surface area contributed by atoms with Crippen LogP contribution in [0, 0.1) is 6.92 Å². The van der Waals surface area contributed by atoms with E-state index >= 15 is 0 Å². The van der Waals surface area contributed by atoms with Gasteiger partial charge in [0.15, 0.2) is 0 Å². The van der Waals surface area contributed by atoms with Crippen LogP contribution in [0.4, 0.5) is 19.0 Å². The SMILES string of the molecule is Cc1cc(C(=O)O)cnc1N1[C@@H]2CC[C@H]1CC(OCc1c(-c3ccccc3OC(F)(F)F)noc1C1CC1)C2. The lowest BCUT2D eigenvalue weighted by molar-refractivity contribution is -0.274. The van der Waals surface area contributed by atoms with E-state index in [0.717, 1.165) is 49.9 Å². The Labute approximate surface area is 222 Å². The summed E-state index contributed by atoms with van der Waals surface area (Å²) < 4.78 is 55.5. The third-order valence-electron chi connectivity index (χ3n) is 7.83. The van der Waals surface area contributed by atoms with Crippen molar-refractivity contribution in [2.45, 2.75) is 82.5 Å². The molecule has 1 N–H and O–H groups in total. The number of aryl methyl sites for hydroxylation is 1. The number of carboxylic acid groups (broad SMARTS) is 1. The minimum atomic E-state index is -4.83. The number of anilines is 1. The first-order chi connectivity index (χ1) is 18.7. The summed E-state index contributed by atoms with van der Waals surface area (Å²) in [6, 6.07) is 8.01. The lowest BCUT2D eigenvalue weighted by Crippen LogP contribution is -2.46. The second kappa shape index (κ2) is 9.86. The highest BCUT2D eigenvalue weighted by Crippen LogP contribution is 2.46.